The Bertz CT molecular complexity index is 1070. The van der Waals surface area contributed by atoms with Gasteiger partial charge in [0.2, 0.25) is 0 Å². The number of nitrogens with one attached hydrogen (secondary N) is 2. The summed E-state index contributed by atoms with van der Waals surface area (Å²) in [6.45, 7) is 2.30. The summed E-state index contributed by atoms with van der Waals surface area (Å²) in [6, 6.07) is 18.6. The fraction of sp³-hybridized carbons (Fsp3) is 0.182. The summed E-state index contributed by atoms with van der Waals surface area (Å²) in [5.41, 5.74) is 5.30. The first-order valence-corrected chi connectivity index (χ1v) is 10.0. The quantitative estimate of drug-likeness (QED) is 0.439. The number of aromatic nitrogens is 2. The second-order valence-electron chi connectivity index (χ2n) is 6.69. The van der Waals surface area contributed by atoms with Crippen LogP contribution in [0, 0.1) is 0 Å². The Hall–Kier alpha value is -2.96. The number of rotatable bonds is 6. The number of aliphatic hydroxyl groups excluding tert-OH is 1. The molecule has 0 aliphatic rings. The van der Waals surface area contributed by atoms with Crippen LogP contribution in [-0.4, -0.2) is 34.8 Å². The van der Waals surface area contributed by atoms with Gasteiger partial charge in [-0.25, -0.2) is 9.97 Å². The summed E-state index contributed by atoms with van der Waals surface area (Å²) < 4.78 is 1.13. The zero-order valence-corrected chi connectivity index (χ0v) is 16.6. The minimum absolute atomic E-state index is 0.379. The third kappa shape index (κ3) is 3.98. The molecule has 0 aliphatic carbocycles. The van der Waals surface area contributed by atoms with Crippen LogP contribution in [0.2, 0.25) is 0 Å². The van der Waals surface area contributed by atoms with E-state index in [1.165, 1.54) is 0 Å². The molecule has 28 heavy (non-hydrogen) atoms. The lowest BCUT2D eigenvalue weighted by atomic mass is 10.1. The van der Waals surface area contributed by atoms with Gasteiger partial charge in [0.25, 0.3) is 0 Å². The van der Waals surface area contributed by atoms with Crippen LogP contribution >= 0.6 is 11.3 Å². The SMILES string of the molecule is CNc1ccc(-c2ccc(-c3nc4ccc(NC[C@@H](C)O)cc4s3)cc2)cn1. The highest BCUT2D eigenvalue weighted by molar-refractivity contribution is 7.21. The van der Waals surface area contributed by atoms with Crippen molar-refractivity contribution in [2.45, 2.75) is 13.0 Å². The Morgan fingerprint density at radius 3 is 2.43 bits per heavy atom. The average Bonchev–Trinajstić information content (AvgIpc) is 3.16. The molecule has 2 heterocycles. The van der Waals surface area contributed by atoms with Crippen molar-refractivity contribution in [3.63, 3.8) is 0 Å². The van der Waals surface area contributed by atoms with Crippen LogP contribution in [0.3, 0.4) is 0 Å². The van der Waals surface area contributed by atoms with Gasteiger partial charge in [0.15, 0.2) is 0 Å². The Labute approximate surface area is 168 Å². The van der Waals surface area contributed by atoms with Crippen molar-refractivity contribution in [2.75, 3.05) is 24.2 Å². The highest BCUT2D eigenvalue weighted by atomic mass is 32.1. The maximum Gasteiger partial charge on any atom is 0.125 e. The minimum Gasteiger partial charge on any atom is -0.392 e. The summed E-state index contributed by atoms with van der Waals surface area (Å²) in [7, 11) is 1.86. The predicted octanol–water partition coefficient (Wildman–Crippen LogP) is 4.86. The van der Waals surface area contributed by atoms with Gasteiger partial charge in [-0.3, -0.25) is 0 Å². The monoisotopic (exact) mass is 390 g/mol. The van der Waals surface area contributed by atoms with E-state index >= 15 is 0 Å². The molecular formula is C22H22N4OS. The van der Waals surface area contributed by atoms with Crippen molar-refractivity contribution >= 4 is 33.1 Å². The fourth-order valence-electron chi connectivity index (χ4n) is 2.94. The van der Waals surface area contributed by atoms with Crippen LogP contribution in [0.5, 0.6) is 0 Å². The van der Waals surface area contributed by atoms with Gasteiger partial charge < -0.3 is 15.7 Å². The summed E-state index contributed by atoms with van der Waals surface area (Å²) >= 11 is 1.67. The number of benzene rings is 2. The number of anilines is 2. The van der Waals surface area contributed by atoms with E-state index in [0.29, 0.717) is 6.54 Å². The van der Waals surface area contributed by atoms with Crippen LogP contribution in [0.25, 0.3) is 31.9 Å². The average molecular weight is 391 g/mol. The van der Waals surface area contributed by atoms with Crippen molar-refractivity contribution in [1.82, 2.24) is 9.97 Å². The fourth-order valence-corrected chi connectivity index (χ4v) is 3.95. The second-order valence-corrected chi connectivity index (χ2v) is 7.72. The first-order valence-electron chi connectivity index (χ1n) is 9.19. The smallest absolute Gasteiger partial charge is 0.125 e. The van der Waals surface area contributed by atoms with Crippen LogP contribution < -0.4 is 10.6 Å². The number of nitrogens with zero attached hydrogens (tertiary/aromatic N) is 2. The summed E-state index contributed by atoms with van der Waals surface area (Å²) in [5, 5.41) is 16.7. The van der Waals surface area contributed by atoms with E-state index in [9.17, 15) is 5.11 Å². The van der Waals surface area contributed by atoms with Gasteiger partial charge in [0.05, 0.1) is 16.3 Å². The van der Waals surface area contributed by atoms with E-state index in [1.54, 1.807) is 18.3 Å². The number of hydrogen-bond donors (Lipinski definition) is 3. The molecule has 5 nitrogen and oxygen atoms in total. The minimum atomic E-state index is -0.379. The molecule has 0 spiro atoms. The van der Waals surface area contributed by atoms with Gasteiger partial charge in [-0.05, 0) is 42.8 Å². The molecule has 0 aliphatic heterocycles. The van der Waals surface area contributed by atoms with Crippen molar-refractivity contribution in [2.24, 2.45) is 0 Å². The van der Waals surface area contributed by atoms with Crippen LogP contribution in [0.15, 0.2) is 60.8 Å². The van der Waals surface area contributed by atoms with E-state index in [2.05, 4.69) is 52.0 Å². The second kappa shape index (κ2) is 7.96. The predicted molar refractivity (Wildman–Crippen MR) is 118 cm³/mol. The van der Waals surface area contributed by atoms with Crippen LogP contribution in [-0.2, 0) is 0 Å². The van der Waals surface area contributed by atoms with E-state index in [0.717, 1.165) is 43.4 Å². The highest BCUT2D eigenvalue weighted by Gasteiger charge is 2.08. The molecule has 3 N–H and O–H groups in total. The summed E-state index contributed by atoms with van der Waals surface area (Å²) in [6.07, 6.45) is 1.50. The maximum absolute atomic E-state index is 9.43. The standard InChI is InChI=1S/C22H22N4OS/c1-14(27)12-24-18-8-9-19-20(11-18)28-22(26-19)16-5-3-15(4-6-16)17-7-10-21(23-2)25-13-17/h3-11,13-14,24,27H,12H2,1-2H3,(H,23,25)/t14-/m1/s1. The molecule has 6 heteroatoms. The van der Waals surface area contributed by atoms with Crippen molar-refractivity contribution in [3.05, 3.63) is 60.8 Å². The lowest BCUT2D eigenvalue weighted by molar-refractivity contribution is 0.208. The van der Waals surface area contributed by atoms with Crippen molar-refractivity contribution in [3.8, 4) is 21.7 Å². The van der Waals surface area contributed by atoms with Gasteiger partial charge in [0.1, 0.15) is 10.8 Å². The molecule has 0 amide bonds. The molecular weight excluding hydrogens is 368 g/mol. The van der Waals surface area contributed by atoms with E-state index < -0.39 is 0 Å². The molecule has 4 aromatic rings. The molecule has 1 atom stereocenters. The Morgan fingerprint density at radius 1 is 1.00 bits per heavy atom. The zero-order valence-electron chi connectivity index (χ0n) is 15.8. The topological polar surface area (TPSA) is 70.1 Å². The lowest BCUT2D eigenvalue weighted by Crippen LogP contribution is -2.15. The van der Waals surface area contributed by atoms with Gasteiger partial charge in [0, 0.05) is 36.6 Å². The Kier molecular flexibility index (Phi) is 5.23. The lowest BCUT2D eigenvalue weighted by Gasteiger charge is -2.07. The first-order chi connectivity index (χ1) is 13.6. The first kappa shape index (κ1) is 18.4. The summed E-state index contributed by atoms with van der Waals surface area (Å²) in [4.78, 5) is 9.14. The van der Waals surface area contributed by atoms with Gasteiger partial charge in [-0.15, -0.1) is 11.3 Å². The molecule has 0 saturated carbocycles. The number of fused-ring (bicyclic) bond motifs is 1. The van der Waals surface area contributed by atoms with Crippen LogP contribution in [0.4, 0.5) is 11.5 Å². The number of pyridine rings is 1. The largest absolute Gasteiger partial charge is 0.392 e. The third-order valence-corrected chi connectivity index (χ3v) is 5.54. The molecule has 0 unspecified atom stereocenters. The van der Waals surface area contributed by atoms with E-state index in [1.807, 2.05) is 31.4 Å². The van der Waals surface area contributed by atoms with Crippen molar-refractivity contribution in [1.29, 1.82) is 0 Å². The molecule has 0 saturated heterocycles. The molecule has 2 aromatic heterocycles. The summed E-state index contributed by atoms with van der Waals surface area (Å²) in [5.74, 6) is 0.858. The van der Waals surface area contributed by atoms with Crippen LogP contribution in [0.1, 0.15) is 6.92 Å². The number of thiazole rings is 1. The zero-order chi connectivity index (χ0) is 19.5. The van der Waals surface area contributed by atoms with Gasteiger partial charge in [-0.1, -0.05) is 24.3 Å². The van der Waals surface area contributed by atoms with E-state index in [4.69, 9.17) is 4.98 Å². The molecule has 2 aromatic carbocycles. The molecule has 4 rings (SSSR count). The molecule has 0 radical (unpaired) electrons. The molecule has 0 bridgehead atoms. The highest BCUT2D eigenvalue weighted by Crippen LogP contribution is 2.33. The molecule has 142 valence electrons. The van der Waals surface area contributed by atoms with E-state index in [-0.39, 0.29) is 6.10 Å². The Balaban J connectivity index is 1.57. The molecule has 0 fully saturated rings. The van der Waals surface area contributed by atoms with Crippen molar-refractivity contribution < 1.29 is 5.11 Å². The Morgan fingerprint density at radius 2 is 1.75 bits per heavy atom. The number of aliphatic hydroxyl groups is 1. The normalized spacial score (nSPS) is 12.1. The van der Waals surface area contributed by atoms with Gasteiger partial charge >= 0.3 is 0 Å². The third-order valence-electron chi connectivity index (χ3n) is 4.47. The number of hydrogen-bond acceptors (Lipinski definition) is 6. The maximum atomic E-state index is 9.43. The van der Waals surface area contributed by atoms with Gasteiger partial charge in [-0.2, -0.15) is 0 Å².